The lowest BCUT2D eigenvalue weighted by molar-refractivity contribution is -0.384. The lowest BCUT2D eigenvalue weighted by atomic mass is 9.75. The molecular weight excluding hydrogens is 446 g/mol. The van der Waals surface area contributed by atoms with Gasteiger partial charge in [-0.2, -0.15) is 0 Å². The first-order valence-electron chi connectivity index (χ1n) is 9.78. The number of ether oxygens (including phenoxy) is 1. The van der Waals surface area contributed by atoms with Crippen LogP contribution in [0.4, 0.5) is 5.69 Å². The number of nitrogens with zero attached hydrogens (tertiary/aromatic N) is 1. The summed E-state index contributed by atoms with van der Waals surface area (Å²) in [5.41, 5.74) is 5.97. The van der Waals surface area contributed by atoms with Gasteiger partial charge in [0.15, 0.2) is 0 Å². The van der Waals surface area contributed by atoms with Gasteiger partial charge in [-0.3, -0.25) is 10.1 Å². The van der Waals surface area contributed by atoms with Crippen molar-refractivity contribution in [3.63, 3.8) is 0 Å². The fraction of sp³-hybridized carbons (Fsp3) is 0.208. The molecule has 30 heavy (non-hydrogen) atoms. The summed E-state index contributed by atoms with van der Waals surface area (Å²) < 4.78 is 6.60. The van der Waals surface area contributed by atoms with Crippen LogP contribution in [0.1, 0.15) is 46.3 Å². The molecule has 4 rings (SSSR count). The number of aryl methyl sites for hydroxylation is 1. The molecule has 0 N–H and O–H groups in total. The van der Waals surface area contributed by atoms with Crippen molar-refractivity contribution < 1.29 is 14.5 Å². The largest absolute Gasteiger partial charge is 0.421 e. The predicted molar refractivity (Wildman–Crippen MR) is 119 cm³/mol. The maximum absolute atomic E-state index is 12.8. The van der Waals surface area contributed by atoms with Gasteiger partial charge in [-0.25, -0.2) is 4.79 Å². The Hall–Kier alpha value is -2.99. The summed E-state index contributed by atoms with van der Waals surface area (Å²) in [5.74, 6) is 0.219. The summed E-state index contributed by atoms with van der Waals surface area (Å²) in [6, 6.07) is 15.8. The van der Waals surface area contributed by atoms with Gasteiger partial charge in [-0.1, -0.05) is 31.2 Å². The van der Waals surface area contributed by atoms with Gasteiger partial charge in [0.25, 0.3) is 5.69 Å². The van der Waals surface area contributed by atoms with E-state index in [4.69, 9.17) is 4.74 Å². The molecule has 3 aromatic rings. The van der Waals surface area contributed by atoms with Crippen molar-refractivity contribution in [3.05, 3.63) is 91.4 Å². The molecule has 152 valence electrons. The van der Waals surface area contributed by atoms with Gasteiger partial charge in [0, 0.05) is 17.7 Å². The third kappa shape index (κ3) is 3.52. The van der Waals surface area contributed by atoms with Crippen LogP contribution in [-0.2, 0) is 6.42 Å². The fourth-order valence-electron chi connectivity index (χ4n) is 4.16. The number of rotatable bonds is 4. The van der Waals surface area contributed by atoms with Crippen molar-refractivity contribution in [2.45, 2.75) is 32.6 Å². The van der Waals surface area contributed by atoms with E-state index < -0.39 is 10.9 Å². The van der Waals surface area contributed by atoms with Crippen LogP contribution >= 0.6 is 15.9 Å². The van der Waals surface area contributed by atoms with Crippen LogP contribution in [0.3, 0.4) is 0 Å². The van der Waals surface area contributed by atoms with Crippen LogP contribution in [0.25, 0.3) is 11.1 Å². The van der Waals surface area contributed by atoms with E-state index in [9.17, 15) is 14.9 Å². The summed E-state index contributed by atoms with van der Waals surface area (Å²) >= 11 is 3.59. The average molecular weight is 466 g/mol. The van der Waals surface area contributed by atoms with Crippen molar-refractivity contribution in [2.75, 3.05) is 0 Å². The molecule has 3 aromatic carbocycles. The van der Waals surface area contributed by atoms with E-state index in [1.165, 1.54) is 35.4 Å². The van der Waals surface area contributed by atoms with Crippen molar-refractivity contribution in [1.82, 2.24) is 0 Å². The molecule has 0 saturated carbocycles. The van der Waals surface area contributed by atoms with Gasteiger partial charge in [-0.15, -0.1) is 0 Å². The Morgan fingerprint density at radius 3 is 2.57 bits per heavy atom. The number of non-ortho nitro benzene ring substituents is 1. The Labute approximate surface area is 183 Å². The van der Waals surface area contributed by atoms with E-state index in [2.05, 4.69) is 48.0 Å². The molecule has 0 unspecified atom stereocenters. The second-order valence-electron chi connectivity index (χ2n) is 7.45. The van der Waals surface area contributed by atoms with E-state index >= 15 is 0 Å². The minimum absolute atomic E-state index is 0.0666. The maximum Gasteiger partial charge on any atom is 0.343 e. The van der Waals surface area contributed by atoms with Crippen molar-refractivity contribution in [2.24, 2.45) is 0 Å². The monoisotopic (exact) mass is 465 g/mol. The smallest absolute Gasteiger partial charge is 0.343 e. The molecule has 0 bridgehead atoms. The molecule has 0 saturated heterocycles. The Bertz CT molecular complexity index is 1150. The number of halogens is 1. The van der Waals surface area contributed by atoms with Crippen molar-refractivity contribution >= 4 is 27.6 Å². The van der Waals surface area contributed by atoms with Crippen LogP contribution in [0.15, 0.2) is 59.1 Å². The van der Waals surface area contributed by atoms with Crippen LogP contribution in [0, 0.1) is 17.0 Å². The first-order chi connectivity index (χ1) is 14.4. The number of fused-ring (bicyclic) bond motifs is 3. The number of benzene rings is 3. The molecule has 0 fully saturated rings. The third-order valence-electron chi connectivity index (χ3n) is 5.63. The van der Waals surface area contributed by atoms with Gasteiger partial charge in [0.1, 0.15) is 5.75 Å². The molecule has 1 aliphatic rings. The zero-order valence-electron chi connectivity index (χ0n) is 16.6. The number of hydrogen-bond donors (Lipinski definition) is 0. The number of carbonyl (C=O) groups excluding carboxylic acids is 1. The number of carbonyl (C=O) groups is 1. The van der Waals surface area contributed by atoms with Gasteiger partial charge < -0.3 is 4.74 Å². The van der Waals surface area contributed by atoms with Crippen LogP contribution in [-0.4, -0.2) is 10.9 Å². The normalized spacial score (nSPS) is 14.6. The van der Waals surface area contributed by atoms with Crippen molar-refractivity contribution in [3.8, 4) is 16.9 Å². The van der Waals surface area contributed by atoms with Crippen LogP contribution < -0.4 is 4.74 Å². The minimum atomic E-state index is -0.537. The lowest BCUT2D eigenvalue weighted by Crippen LogP contribution is -2.17. The Morgan fingerprint density at radius 1 is 1.20 bits per heavy atom. The molecule has 0 aliphatic heterocycles. The van der Waals surface area contributed by atoms with Gasteiger partial charge >= 0.3 is 5.97 Å². The Kier molecular flexibility index (Phi) is 5.43. The molecule has 1 aliphatic carbocycles. The minimum Gasteiger partial charge on any atom is -0.421 e. The highest BCUT2D eigenvalue weighted by Crippen LogP contribution is 2.49. The number of nitro groups is 1. The van der Waals surface area contributed by atoms with E-state index in [0.29, 0.717) is 5.75 Å². The molecule has 0 spiro atoms. The second-order valence-corrected chi connectivity index (χ2v) is 8.31. The SMILES string of the molecule is CC[C@@H]1Cc2ccccc2-c2c(C)cc(Br)c(OC(=O)c3ccc([N+](=O)[O-])cc3)c21. The Morgan fingerprint density at radius 2 is 1.90 bits per heavy atom. The quantitative estimate of drug-likeness (QED) is 0.188. The zero-order valence-corrected chi connectivity index (χ0v) is 18.2. The van der Waals surface area contributed by atoms with Crippen molar-refractivity contribution in [1.29, 1.82) is 0 Å². The van der Waals surface area contributed by atoms with E-state index in [0.717, 1.165) is 34.0 Å². The summed E-state index contributed by atoms with van der Waals surface area (Å²) in [4.78, 5) is 23.2. The molecule has 0 amide bonds. The second kappa shape index (κ2) is 8.03. The highest BCUT2D eigenvalue weighted by Gasteiger charge is 2.30. The standard InChI is InChI=1S/C24H20BrNO4/c1-3-15-13-17-6-4-5-7-19(17)21-14(2)12-20(25)23(22(15)21)30-24(27)16-8-10-18(11-9-16)26(28)29/h4-12,15H,3,13H2,1-2H3/t15-/m1/s1. The topological polar surface area (TPSA) is 69.4 Å². The predicted octanol–water partition coefficient (Wildman–Crippen LogP) is 6.60. The molecule has 1 atom stereocenters. The number of hydrogen-bond acceptors (Lipinski definition) is 4. The molecule has 6 heteroatoms. The highest BCUT2D eigenvalue weighted by atomic mass is 79.9. The van der Waals surface area contributed by atoms with Crippen LogP contribution in [0.5, 0.6) is 5.75 Å². The average Bonchev–Trinajstić information content (AvgIpc) is 2.75. The summed E-state index contributed by atoms with van der Waals surface area (Å²) in [5, 5.41) is 10.9. The third-order valence-corrected chi connectivity index (χ3v) is 6.22. The number of nitro benzene ring substituents is 1. The molecule has 5 nitrogen and oxygen atoms in total. The fourth-order valence-corrected chi connectivity index (χ4v) is 4.80. The van der Waals surface area contributed by atoms with Gasteiger partial charge in [0.05, 0.1) is 15.0 Å². The highest BCUT2D eigenvalue weighted by molar-refractivity contribution is 9.10. The van der Waals surface area contributed by atoms with Gasteiger partial charge in [-0.05, 0) is 82.1 Å². The first kappa shape index (κ1) is 20.3. The molecule has 0 heterocycles. The summed E-state index contributed by atoms with van der Waals surface area (Å²) in [6.45, 7) is 4.21. The van der Waals surface area contributed by atoms with E-state index in [1.807, 2.05) is 12.1 Å². The lowest BCUT2D eigenvalue weighted by Gasteiger charge is -2.30. The summed E-state index contributed by atoms with van der Waals surface area (Å²) in [7, 11) is 0. The van der Waals surface area contributed by atoms with Gasteiger partial charge in [0.2, 0.25) is 0 Å². The molecule has 0 aromatic heterocycles. The van der Waals surface area contributed by atoms with Crippen LogP contribution in [0.2, 0.25) is 0 Å². The first-order valence-corrected chi connectivity index (χ1v) is 10.6. The molecule has 0 radical (unpaired) electrons. The Balaban J connectivity index is 1.80. The molecular formula is C24H20BrNO4. The van der Waals surface area contributed by atoms with E-state index in [-0.39, 0.29) is 17.2 Å². The maximum atomic E-state index is 12.8. The summed E-state index contributed by atoms with van der Waals surface area (Å²) in [6.07, 6.45) is 1.80. The van der Waals surface area contributed by atoms with E-state index in [1.54, 1.807) is 0 Å². The number of esters is 1. The zero-order chi connectivity index (χ0) is 21.4.